The lowest BCUT2D eigenvalue weighted by atomic mass is 10.1. The smallest absolute Gasteiger partial charge is 0.265 e. The molecule has 0 heterocycles. The minimum Gasteiger partial charge on any atom is -0.481 e. The number of halogens is 1. The molecule has 1 amide bonds. The van der Waals surface area contributed by atoms with Crippen molar-refractivity contribution >= 4 is 23.2 Å². The molecule has 0 radical (unpaired) electrons. The number of hydrogen-bond acceptors (Lipinski definition) is 3. The van der Waals surface area contributed by atoms with Gasteiger partial charge in [-0.1, -0.05) is 23.7 Å². The summed E-state index contributed by atoms with van der Waals surface area (Å²) in [6, 6.07) is 11.2. The van der Waals surface area contributed by atoms with Crippen LogP contribution in [0.5, 0.6) is 5.75 Å². The van der Waals surface area contributed by atoms with Gasteiger partial charge in [-0.3, -0.25) is 4.79 Å². The summed E-state index contributed by atoms with van der Waals surface area (Å²) in [5, 5.41) is 3.57. The van der Waals surface area contributed by atoms with Gasteiger partial charge in [-0.05, 0) is 61.7 Å². The average Bonchev–Trinajstić information content (AvgIpc) is 2.53. The number of aryl methyl sites for hydroxylation is 2. The number of amides is 1. The fourth-order valence-electron chi connectivity index (χ4n) is 2.38. The van der Waals surface area contributed by atoms with Crippen LogP contribution in [0.15, 0.2) is 36.4 Å². The third-order valence-corrected chi connectivity index (χ3v) is 4.19. The van der Waals surface area contributed by atoms with E-state index in [4.69, 9.17) is 21.1 Å². The van der Waals surface area contributed by atoms with Gasteiger partial charge in [0.2, 0.25) is 0 Å². The normalized spacial score (nSPS) is 11.9. The summed E-state index contributed by atoms with van der Waals surface area (Å²) in [5.41, 5.74) is 3.55. The zero-order valence-electron chi connectivity index (χ0n) is 14.4. The topological polar surface area (TPSA) is 47.6 Å². The molecule has 0 aliphatic heterocycles. The van der Waals surface area contributed by atoms with Crippen molar-refractivity contribution < 1.29 is 14.3 Å². The molecule has 2 rings (SSSR count). The fraction of sp³-hybridized carbons (Fsp3) is 0.316. The van der Waals surface area contributed by atoms with Crippen molar-refractivity contribution in [2.45, 2.75) is 33.5 Å². The molecule has 24 heavy (non-hydrogen) atoms. The van der Waals surface area contributed by atoms with Crippen molar-refractivity contribution in [2.24, 2.45) is 0 Å². The van der Waals surface area contributed by atoms with Crippen LogP contribution in [0.25, 0.3) is 0 Å². The summed E-state index contributed by atoms with van der Waals surface area (Å²) in [6.45, 7) is 6.04. The van der Waals surface area contributed by atoms with E-state index in [0.29, 0.717) is 18.0 Å². The molecule has 0 saturated carbocycles. The number of nitrogens with one attached hydrogen (secondary N) is 1. The van der Waals surface area contributed by atoms with E-state index in [1.54, 1.807) is 14.0 Å². The molecular formula is C19H22ClNO3. The highest BCUT2D eigenvalue weighted by atomic mass is 35.5. The minimum atomic E-state index is -0.629. The predicted octanol–water partition coefficient (Wildman–Crippen LogP) is 4.51. The van der Waals surface area contributed by atoms with Crippen LogP contribution in [0, 0.1) is 13.8 Å². The number of rotatable bonds is 6. The van der Waals surface area contributed by atoms with Gasteiger partial charge in [0.15, 0.2) is 6.10 Å². The number of ether oxygens (including phenoxy) is 2. The Balaban J connectivity index is 2.03. The third kappa shape index (κ3) is 4.73. The van der Waals surface area contributed by atoms with Crippen molar-refractivity contribution in [3.8, 4) is 5.75 Å². The van der Waals surface area contributed by atoms with Gasteiger partial charge in [0.1, 0.15) is 5.75 Å². The van der Waals surface area contributed by atoms with Gasteiger partial charge in [0.05, 0.1) is 6.61 Å². The highest BCUT2D eigenvalue weighted by Crippen LogP contribution is 2.26. The van der Waals surface area contributed by atoms with Crippen molar-refractivity contribution in [2.75, 3.05) is 12.4 Å². The Morgan fingerprint density at radius 3 is 2.50 bits per heavy atom. The summed E-state index contributed by atoms with van der Waals surface area (Å²) in [7, 11) is 1.64. The Labute approximate surface area is 147 Å². The van der Waals surface area contributed by atoms with E-state index < -0.39 is 6.10 Å². The quantitative estimate of drug-likeness (QED) is 0.836. The average molecular weight is 348 g/mol. The van der Waals surface area contributed by atoms with Crippen molar-refractivity contribution in [3.63, 3.8) is 0 Å². The van der Waals surface area contributed by atoms with E-state index in [-0.39, 0.29) is 5.91 Å². The van der Waals surface area contributed by atoms with Gasteiger partial charge < -0.3 is 14.8 Å². The molecule has 1 atom stereocenters. The first-order valence-electron chi connectivity index (χ1n) is 7.73. The first-order chi connectivity index (χ1) is 11.4. The van der Waals surface area contributed by atoms with Crippen molar-refractivity contribution in [3.05, 3.63) is 58.1 Å². The van der Waals surface area contributed by atoms with Gasteiger partial charge in [-0.15, -0.1) is 0 Å². The molecule has 0 bridgehead atoms. The largest absolute Gasteiger partial charge is 0.481 e. The predicted molar refractivity (Wildman–Crippen MR) is 96.8 cm³/mol. The van der Waals surface area contributed by atoms with Crippen LogP contribution >= 0.6 is 11.6 Å². The molecular weight excluding hydrogens is 326 g/mol. The van der Waals surface area contributed by atoms with Crippen molar-refractivity contribution in [1.82, 2.24) is 0 Å². The second kappa shape index (κ2) is 8.18. The molecule has 2 aromatic rings. The zero-order chi connectivity index (χ0) is 17.7. The highest BCUT2D eigenvalue weighted by molar-refractivity contribution is 6.32. The Morgan fingerprint density at radius 1 is 1.21 bits per heavy atom. The number of anilines is 1. The molecule has 0 aliphatic carbocycles. The maximum Gasteiger partial charge on any atom is 0.265 e. The number of carbonyl (C=O) groups is 1. The van der Waals surface area contributed by atoms with E-state index in [1.165, 1.54) is 0 Å². The minimum absolute atomic E-state index is 0.213. The monoisotopic (exact) mass is 347 g/mol. The lowest BCUT2D eigenvalue weighted by molar-refractivity contribution is -0.122. The molecule has 0 aliphatic rings. The van der Waals surface area contributed by atoms with Crippen LogP contribution in [0.2, 0.25) is 5.02 Å². The molecule has 0 aromatic heterocycles. The molecule has 2 aromatic carbocycles. The molecule has 0 fully saturated rings. The molecule has 4 nitrogen and oxygen atoms in total. The number of carbonyl (C=O) groups excluding carboxylic acids is 1. The van der Waals surface area contributed by atoms with Gasteiger partial charge >= 0.3 is 0 Å². The van der Waals surface area contributed by atoms with Crippen LogP contribution in [0.1, 0.15) is 23.6 Å². The first kappa shape index (κ1) is 18.3. The lowest BCUT2D eigenvalue weighted by Gasteiger charge is -2.16. The summed E-state index contributed by atoms with van der Waals surface area (Å²) in [4.78, 5) is 12.3. The third-order valence-electron chi connectivity index (χ3n) is 3.60. The van der Waals surface area contributed by atoms with E-state index in [9.17, 15) is 4.79 Å². The van der Waals surface area contributed by atoms with E-state index in [0.717, 1.165) is 21.7 Å². The highest BCUT2D eigenvalue weighted by Gasteiger charge is 2.16. The van der Waals surface area contributed by atoms with Crippen LogP contribution in [-0.2, 0) is 16.1 Å². The lowest BCUT2D eigenvalue weighted by Crippen LogP contribution is -2.30. The van der Waals surface area contributed by atoms with Crippen LogP contribution in [-0.4, -0.2) is 19.1 Å². The first-order valence-corrected chi connectivity index (χ1v) is 8.10. The van der Waals surface area contributed by atoms with Crippen LogP contribution < -0.4 is 10.1 Å². The van der Waals surface area contributed by atoms with Gasteiger partial charge in [0, 0.05) is 17.8 Å². The maximum absolute atomic E-state index is 12.3. The van der Waals surface area contributed by atoms with E-state index in [2.05, 4.69) is 5.32 Å². The molecule has 0 saturated heterocycles. The molecule has 128 valence electrons. The molecule has 0 unspecified atom stereocenters. The standard InChI is InChI=1S/C19H22ClNO3/c1-12-8-17(9-13(2)18(12)20)24-14(3)19(22)21-16-7-5-6-15(10-16)11-23-4/h5-10,14H,11H2,1-4H3,(H,21,22)/t14-/m0/s1. The number of methoxy groups -OCH3 is 1. The van der Waals surface area contributed by atoms with E-state index >= 15 is 0 Å². The van der Waals surface area contributed by atoms with Gasteiger partial charge in [0.25, 0.3) is 5.91 Å². The van der Waals surface area contributed by atoms with Gasteiger partial charge in [-0.25, -0.2) is 0 Å². The summed E-state index contributed by atoms with van der Waals surface area (Å²) in [5.74, 6) is 0.417. The summed E-state index contributed by atoms with van der Waals surface area (Å²) in [6.07, 6.45) is -0.629. The molecule has 5 heteroatoms. The Kier molecular flexibility index (Phi) is 6.23. The maximum atomic E-state index is 12.3. The Bertz CT molecular complexity index is 707. The Hall–Kier alpha value is -2.04. The summed E-state index contributed by atoms with van der Waals surface area (Å²) < 4.78 is 10.8. The van der Waals surface area contributed by atoms with Crippen LogP contribution in [0.4, 0.5) is 5.69 Å². The molecule has 1 N–H and O–H groups in total. The summed E-state index contributed by atoms with van der Waals surface area (Å²) >= 11 is 6.15. The number of benzene rings is 2. The van der Waals surface area contributed by atoms with Gasteiger partial charge in [-0.2, -0.15) is 0 Å². The molecule has 0 spiro atoms. The Morgan fingerprint density at radius 2 is 1.88 bits per heavy atom. The number of hydrogen-bond donors (Lipinski definition) is 1. The van der Waals surface area contributed by atoms with Crippen molar-refractivity contribution in [1.29, 1.82) is 0 Å². The SMILES string of the molecule is COCc1cccc(NC(=O)[C@H](C)Oc2cc(C)c(Cl)c(C)c2)c1. The second-order valence-electron chi connectivity index (χ2n) is 5.75. The fourth-order valence-corrected chi connectivity index (χ4v) is 2.49. The second-order valence-corrected chi connectivity index (χ2v) is 6.13. The zero-order valence-corrected chi connectivity index (χ0v) is 15.1. The van der Waals surface area contributed by atoms with E-state index in [1.807, 2.05) is 50.2 Å². The van der Waals surface area contributed by atoms with Crippen LogP contribution in [0.3, 0.4) is 0 Å².